The van der Waals surface area contributed by atoms with E-state index in [1.165, 1.54) is 11.1 Å². The average molecular weight is 196 g/mol. The molecule has 0 radical (unpaired) electrons. The molecule has 0 bridgehead atoms. The minimum absolute atomic E-state index is 0.608. The molecule has 0 saturated carbocycles. The summed E-state index contributed by atoms with van der Waals surface area (Å²) < 4.78 is 0. The van der Waals surface area contributed by atoms with Gasteiger partial charge in [0.25, 0.3) is 0 Å². The lowest BCUT2D eigenvalue weighted by Gasteiger charge is -2.09. The van der Waals surface area contributed by atoms with Crippen molar-refractivity contribution in [2.75, 3.05) is 12.4 Å². The number of fused-ring (bicyclic) bond motifs is 1. The summed E-state index contributed by atoms with van der Waals surface area (Å²) in [6.45, 7) is 0.917. The largest absolute Gasteiger partial charge is 0.312 e. The SMILES string of the molecule is ClCCNC1Cc2ccccc2C1. The highest BCUT2D eigenvalue weighted by molar-refractivity contribution is 6.18. The van der Waals surface area contributed by atoms with E-state index in [1.807, 2.05) is 0 Å². The number of hydrogen-bond acceptors (Lipinski definition) is 1. The molecule has 1 N–H and O–H groups in total. The van der Waals surface area contributed by atoms with E-state index >= 15 is 0 Å². The van der Waals surface area contributed by atoms with Crippen LogP contribution in [-0.4, -0.2) is 18.5 Å². The summed E-state index contributed by atoms with van der Waals surface area (Å²) >= 11 is 5.63. The van der Waals surface area contributed by atoms with E-state index in [1.54, 1.807) is 0 Å². The molecule has 0 fully saturated rings. The second kappa shape index (κ2) is 4.12. The predicted octanol–water partition coefficient (Wildman–Crippen LogP) is 1.98. The molecule has 1 aromatic rings. The Morgan fingerprint density at radius 3 is 2.38 bits per heavy atom. The molecule has 0 heterocycles. The number of benzene rings is 1. The molecule has 0 amide bonds. The molecule has 1 aliphatic carbocycles. The maximum absolute atomic E-state index is 5.63. The zero-order chi connectivity index (χ0) is 9.10. The van der Waals surface area contributed by atoms with Gasteiger partial charge in [-0.3, -0.25) is 0 Å². The predicted molar refractivity (Wildman–Crippen MR) is 56.4 cm³/mol. The van der Waals surface area contributed by atoms with Crippen LogP contribution in [0.5, 0.6) is 0 Å². The molecule has 0 unspecified atom stereocenters. The standard InChI is InChI=1S/C11H14ClN/c12-5-6-13-11-7-9-3-1-2-4-10(9)8-11/h1-4,11,13H,5-8H2. The van der Waals surface area contributed by atoms with Crippen molar-refractivity contribution in [1.82, 2.24) is 5.32 Å². The van der Waals surface area contributed by atoms with E-state index in [2.05, 4.69) is 29.6 Å². The van der Waals surface area contributed by atoms with E-state index in [4.69, 9.17) is 11.6 Å². The van der Waals surface area contributed by atoms with E-state index in [9.17, 15) is 0 Å². The van der Waals surface area contributed by atoms with Gasteiger partial charge in [0.1, 0.15) is 0 Å². The molecular weight excluding hydrogens is 182 g/mol. The van der Waals surface area contributed by atoms with E-state index in [-0.39, 0.29) is 0 Å². The Labute approximate surface area is 84.1 Å². The Morgan fingerprint density at radius 1 is 1.23 bits per heavy atom. The summed E-state index contributed by atoms with van der Waals surface area (Å²) in [5, 5.41) is 3.45. The monoisotopic (exact) mass is 195 g/mol. The van der Waals surface area contributed by atoms with Crippen molar-refractivity contribution in [3.63, 3.8) is 0 Å². The van der Waals surface area contributed by atoms with Crippen LogP contribution in [0, 0.1) is 0 Å². The van der Waals surface area contributed by atoms with Crippen LogP contribution in [0.15, 0.2) is 24.3 Å². The highest BCUT2D eigenvalue weighted by atomic mass is 35.5. The van der Waals surface area contributed by atoms with Gasteiger partial charge in [0.2, 0.25) is 0 Å². The normalized spacial score (nSPS) is 16.1. The number of halogens is 1. The lowest BCUT2D eigenvalue weighted by atomic mass is 10.1. The van der Waals surface area contributed by atoms with Crippen molar-refractivity contribution in [2.24, 2.45) is 0 Å². The Balaban J connectivity index is 1.97. The van der Waals surface area contributed by atoms with Gasteiger partial charge in [-0.05, 0) is 24.0 Å². The molecule has 70 valence electrons. The zero-order valence-corrected chi connectivity index (χ0v) is 8.35. The first-order valence-electron chi connectivity index (χ1n) is 4.76. The molecule has 0 saturated heterocycles. The molecule has 0 atom stereocenters. The fourth-order valence-corrected chi connectivity index (χ4v) is 2.07. The van der Waals surface area contributed by atoms with Gasteiger partial charge in [0.15, 0.2) is 0 Å². The van der Waals surface area contributed by atoms with Crippen LogP contribution >= 0.6 is 11.6 Å². The highest BCUT2D eigenvalue weighted by Crippen LogP contribution is 2.21. The molecule has 2 rings (SSSR count). The molecule has 1 nitrogen and oxygen atoms in total. The van der Waals surface area contributed by atoms with Gasteiger partial charge in [0, 0.05) is 18.5 Å². The Bertz CT molecular complexity index is 260. The summed E-state index contributed by atoms with van der Waals surface area (Å²) in [5.74, 6) is 0.701. The van der Waals surface area contributed by atoms with Crippen molar-refractivity contribution in [2.45, 2.75) is 18.9 Å². The molecule has 0 aromatic heterocycles. The minimum atomic E-state index is 0.608. The van der Waals surface area contributed by atoms with Crippen molar-refractivity contribution in [3.05, 3.63) is 35.4 Å². The van der Waals surface area contributed by atoms with Crippen LogP contribution < -0.4 is 5.32 Å². The van der Waals surface area contributed by atoms with E-state index < -0.39 is 0 Å². The Hall–Kier alpha value is -0.530. The van der Waals surface area contributed by atoms with Gasteiger partial charge < -0.3 is 5.32 Å². The van der Waals surface area contributed by atoms with Gasteiger partial charge in [-0.2, -0.15) is 0 Å². The fourth-order valence-electron chi connectivity index (χ4n) is 1.96. The summed E-state index contributed by atoms with van der Waals surface area (Å²) in [7, 11) is 0. The Kier molecular flexibility index (Phi) is 2.87. The van der Waals surface area contributed by atoms with Crippen LogP contribution in [0.4, 0.5) is 0 Å². The minimum Gasteiger partial charge on any atom is -0.312 e. The zero-order valence-electron chi connectivity index (χ0n) is 7.59. The van der Waals surface area contributed by atoms with Crippen molar-refractivity contribution in [1.29, 1.82) is 0 Å². The lowest BCUT2D eigenvalue weighted by Crippen LogP contribution is -2.30. The summed E-state index contributed by atoms with van der Waals surface area (Å²) in [4.78, 5) is 0. The summed E-state index contributed by atoms with van der Waals surface area (Å²) in [6.07, 6.45) is 2.32. The van der Waals surface area contributed by atoms with Gasteiger partial charge in [-0.15, -0.1) is 11.6 Å². The highest BCUT2D eigenvalue weighted by Gasteiger charge is 2.19. The number of hydrogen-bond donors (Lipinski definition) is 1. The second-order valence-corrected chi connectivity index (χ2v) is 3.89. The van der Waals surface area contributed by atoms with Gasteiger partial charge >= 0.3 is 0 Å². The number of alkyl halides is 1. The quantitative estimate of drug-likeness (QED) is 0.728. The van der Waals surface area contributed by atoms with Crippen LogP contribution in [0.25, 0.3) is 0 Å². The van der Waals surface area contributed by atoms with Gasteiger partial charge in [-0.1, -0.05) is 24.3 Å². The van der Waals surface area contributed by atoms with Crippen LogP contribution in [0.1, 0.15) is 11.1 Å². The van der Waals surface area contributed by atoms with Crippen LogP contribution in [0.2, 0.25) is 0 Å². The topological polar surface area (TPSA) is 12.0 Å². The fraction of sp³-hybridized carbons (Fsp3) is 0.455. The van der Waals surface area contributed by atoms with Crippen molar-refractivity contribution >= 4 is 11.6 Å². The first kappa shape index (κ1) is 9.04. The summed E-state index contributed by atoms with van der Waals surface area (Å²) in [5.41, 5.74) is 2.99. The number of nitrogens with one attached hydrogen (secondary N) is 1. The summed E-state index contributed by atoms with van der Waals surface area (Å²) in [6, 6.07) is 9.28. The van der Waals surface area contributed by atoms with Gasteiger partial charge in [0.05, 0.1) is 0 Å². The van der Waals surface area contributed by atoms with Crippen LogP contribution in [-0.2, 0) is 12.8 Å². The first-order chi connectivity index (χ1) is 6.40. The first-order valence-corrected chi connectivity index (χ1v) is 5.29. The third-order valence-corrected chi connectivity index (χ3v) is 2.77. The average Bonchev–Trinajstić information content (AvgIpc) is 2.57. The third kappa shape index (κ3) is 2.04. The molecule has 0 spiro atoms. The van der Waals surface area contributed by atoms with Crippen molar-refractivity contribution in [3.8, 4) is 0 Å². The smallest absolute Gasteiger partial charge is 0.0348 e. The lowest BCUT2D eigenvalue weighted by molar-refractivity contribution is 0.553. The van der Waals surface area contributed by atoms with E-state index in [0.717, 1.165) is 19.4 Å². The number of rotatable bonds is 3. The molecular formula is C11H14ClN. The molecule has 1 aromatic carbocycles. The Morgan fingerprint density at radius 2 is 1.85 bits per heavy atom. The van der Waals surface area contributed by atoms with Crippen molar-refractivity contribution < 1.29 is 0 Å². The third-order valence-electron chi connectivity index (χ3n) is 2.58. The molecule has 1 aliphatic rings. The van der Waals surface area contributed by atoms with Crippen LogP contribution in [0.3, 0.4) is 0 Å². The molecule has 0 aliphatic heterocycles. The molecule has 2 heteroatoms. The van der Waals surface area contributed by atoms with Gasteiger partial charge in [-0.25, -0.2) is 0 Å². The second-order valence-electron chi connectivity index (χ2n) is 3.52. The maximum Gasteiger partial charge on any atom is 0.0348 e. The maximum atomic E-state index is 5.63. The van der Waals surface area contributed by atoms with E-state index in [0.29, 0.717) is 11.9 Å². The molecule has 13 heavy (non-hydrogen) atoms.